The van der Waals surface area contributed by atoms with Gasteiger partial charge in [0.2, 0.25) is 5.91 Å². The van der Waals surface area contributed by atoms with Crippen molar-refractivity contribution in [3.63, 3.8) is 0 Å². The number of aromatic hydroxyl groups is 2. The Hall–Kier alpha value is -4.42. The molecule has 6 rings (SSSR count). The van der Waals surface area contributed by atoms with Crippen molar-refractivity contribution in [2.45, 2.75) is 43.8 Å². The first kappa shape index (κ1) is 26.8. The van der Waals surface area contributed by atoms with E-state index in [2.05, 4.69) is 16.7 Å². The third-order valence-electron chi connectivity index (χ3n) is 7.91. The van der Waals surface area contributed by atoms with Crippen LogP contribution in [-0.2, 0) is 23.8 Å². The molecular formula is C28H25F4N5O4. The van der Waals surface area contributed by atoms with Crippen LogP contribution in [0, 0.1) is 5.82 Å². The number of carbonyl (C=O) groups excluding carboxylic acids is 2. The minimum atomic E-state index is -4.90. The van der Waals surface area contributed by atoms with Crippen molar-refractivity contribution in [1.29, 1.82) is 0 Å². The highest BCUT2D eigenvalue weighted by Crippen LogP contribution is 2.45. The molecule has 9 nitrogen and oxygen atoms in total. The van der Waals surface area contributed by atoms with Crippen LogP contribution < -0.4 is 0 Å². The molecule has 1 aromatic carbocycles. The van der Waals surface area contributed by atoms with E-state index in [0.29, 0.717) is 28.9 Å². The van der Waals surface area contributed by atoms with E-state index in [0.717, 1.165) is 31.2 Å². The van der Waals surface area contributed by atoms with E-state index in [9.17, 15) is 33.0 Å². The summed E-state index contributed by atoms with van der Waals surface area (Å²) in [4.78, 5) is 32.4. The Labute approximate surface area is 231 Å². The standard InChI is InChI=1S/C28H25F4N5O4/c1-2-22(39)35-9-7-17-23-18(37(34-17)19-6-5-16(14-3-4-14)24(29)25(19)40)8-10-36(20(23)13-35)27(41)15-11-21(38)26(33-12-15)28(30,31)32/h2,5-6,11-12,14,20,38,40H,1,3-4,7-10,13H2. The van der Waals surface area contributed by atoms with Gasteiger partial charge in [-0.25, -0.2) is 14.1 Å². The first-order valence-electron chi connectivity index (χ1n) is 13.1. The molecule has 13 heteroatoms. The van der Waals surface area contributed by atoms with E-state index in [1.54, 1.807) is 12.1 Å². The van der Waals surface area contributed by atoms with Crippen LogP contribution in [0.15, 0.2) is 37.1 Å². The number of amides is 2. The van der Waals surface area contributed by atoms with Gasteiger partial charge in [-0.2, -0.15) is 18.3 Å². The summed E-state index contributed by atoms with van der Waals surface area (Å²) in [6.07, 6.45) is -0.742. The van der Waals surface area contributed by atoms with Crippen LogP contribution in [0.1, 0.15) is 63.4 Å². The number of hydrogen-bond donors (Lipinski definition) is 2. The first-order chi connectivity index (χ1) is 19.5. The highest BCUT2D eigenvalue weighted by molar-refractivity contribution is 5.95. The van der Waals surface area contributed by atoms with E-state index in [1.165, 1.54) is 14.5 Å². The lowest BCUT2D eigenvalue weighted by molar-refractivity contribution is -0.142. The summed E-state index contributed by atoms with van der Waals surface area (Å²) in [5, 5.41) is 25.4. The molecule has 1 fully saturated rings. The number of pyridine rings is 1. The van der Waals surface area contributed by atoms with Crippen molar-refractivity contribution >= 4 is 11.8 Å². The van der Waals surface area contributed by atoms with Gasteiger partial charge in [0.15, 0.2) is 17.3 Å². The number of phenolic OH excluding ortho intramolecular Hbond substituents is 1. The number of aromatic nitrogens is 3. The van der Waals surface area contributed by atoms with Gasteiger partial charge in [0.05, 0.1) is 23.0 Å². The predicted octanol–water partition coefficient (Wildman–Crippen LogP) is 4.02. The van der Waals surface area contributed by atoms with Crippen molar-refractivity contribution in [1.82, 2.24) is 24.6 Å². The van der Waals surface area contributed by atoms with Crippen LogP contribution in [0.3, 0.4) is 0 Å². The quantitative estimate of drug-likeness (QED) is 0.362. The van der Waals surface area contributed by atoms with Crippen molar-refractivity contribution in [3.8, 4) is 17.2 Å². The van der Waals surface area contributed by atoms with Crippen LogP contribution in [0.5, 0.6) is 11.5 Å². The van der Waals surface area contributed by atoms with Crippen LogP contribution in [-0.4, -0.2) is 66.2 Å². The van der Waals surface area contributed by atoms with Crippen LogP contribution in [0.2, 0.25) is 0 Å². The number of benzene rings is 1. The van der Waals surface area contributed by atoms with Crippen molar-refractivity contribution < 1.29 is 37.4 Å². The normalized spacial score (nSPS) is 18.6. The van der Waals surface area contributed by atoms with E-state index in [4.69, 9.17) is 0 Å². The molecule has 0 radical (unpaired) electrons. The van der Waals surface area contributed by atoms with Gasteiger partial charge in [0.1, 0.15) is 11.4 Å². The molecule has 1 atom stereocenters. The second kappa shape index (κ2) is 9.60. The molecule has 2 aromatic heterocycles. The molecule has 1 unspecified atom stereocenters. The summed E-state index contributed by atoms with van der Waals surface area (Å²) in [6, 6.07) is 3.23. The minimum absolute atomic E-state index is 0.0449. The summed E-state index contributed by atoms with van der Waals surface area (Å²) in [7, 11) is 0. The average molecular weight is 572 g/mol. The third kappa shape index (κ3) is 4.49. The molecule has 0 bridgehead atoms. The van der Waals surface area contributed by atoms with Gasteiger partial charge in [-0.1, -0.05) is 12.6 Å². The van der Waals surface area contributed by atoms with Gasteiger partial charge < -0.3 is 20.0 Å². The Balaban J connectivity index is 1.42. The molecule has 3 aliphatic rings. The zero-order chi connectivity index (χ0) is 29.2. The van der Waals surface area contributed by atoms with E-state index in [-0.39, 0.29) is 49.1 Å². The molecule has 2 N–H and O–H groups in total. The Bertz CT molecular complexity index is 1600. The maximum Gasteiger partial charge on any atom is 0.437 e. The smallest absolute Gasteiger partial charge is 0.437 e. The largest absolute Gasteiger partial charge is 0.506 e. The van der Waals surface area contributed by atoms with Gasteiger partial charge in [-0.15, -0.1) is 0 Å². The van der Waals surface area contributed by atoms with Gasteiger partial charge in [0, 0.05) is 44.2 Å². The van der Waals surface area contributed by atoms with E-state index >= 15 is 4.39 Å². The zero-order valence-corrected chi connectivity index (χ0v) is 21.7. The number of carbonyl (C=O) groups is 2. The van der Waals surface area contributed by atoms with Gasteiger partial charge in [-0.05, 0) is 42.5 Å². The summed E-state index contributed by atoms with van der Waals surface area (Å²) < 4.78 is 55.9. The van der Waals surface area contributed by atoms with Crippen LogP contribution >= 0.6 is 0 Å². The Kier molecular flexibility index (Phi) is 6.27. The maximum absolute atomic E-state index is 15.1. The van der Waals surface area contributed by atoms with Crippen LogP contribution in [0.4, 0.5) is 17.6 Å². The first-order valence-corrected chi connectivity index (χ1v) is 13.1. The second-order valence-electron chi connectivity index (χ2n) is 10.4. The molecule has 4 heterocycles. The fraction of sp³-hybridized carbons (Fsp3) is 0.357. The highest BCUT2D eigenvalue weighted by Gasteiger charge is 2.42. The van der Waals surface area contributed by atoms with E-state index in [1.807, 2.05) is 0 Å². The Morgan fingerprint density at radius 1 is 1.12 bits per heavy atom. The zero-order valence-electron chi connectivity index (χ0n) is 21.7. The number of alkyl halides is 3. The molecule has 1 saturated carbocycles. The lowest BCUT2D eigenvalue weighted by atomic mass is 9.94. The SMILES string of the molecule is C=CC(=O)N1CCc2nn(-c3ccc(C4CC4)c(F)c3O)c3c2C(C1)N(C(=O)c1cnc(C(F)(F)F)c(O)c1)CC3. The van der Waals surface area contributed by atoms with Gasteiger partial charge in [0.25, 0.3) is 5.91 Å². The Morgan fingerprint density at radius 2 is 1.88 bits per heavy atom. The summed E-state index contributed by atoms with van der Waals surface area (Å²) in [5.41, 5.74) is 0.647. The molecule has 3 aromatic rings. The topological polar surface area (TPSA) is 112 Å². The molecule has 2 amide bonds. The molecule has 0 spiro atoms. The van der Waals surface area contributed by atoms with Gasteiger partial charge >= 0.3 is 6.18 Å². The minimum Gasteiger partial charge on any atom is -0.506 e. The molecule has 2 aliphatic heterocycles. The second-order valence-corrected chi connectivity index (χ2v) is 10.4. The van der Waals surface area contributed by atoms with Crippen LogP contribution in [0.25, 0.3) is 5.69 Å². The number of nitrogens with zero attached hydrogens (tertiary/aromatic N) is 5. The Morgan fingerprint density at radius 3 is 2.54 bits per heavy atom. The summed E-state index contributed by atoms with van der Waals surface area (Å²) in [5.74, 6) is -3.36. The maximum atomic E-state index is 15.1. The van der Waals surface area contributed by atoms with Crippen molar-refractivity contribution in [2.75, 3.05) is 19.6 Å². The molecule has 1 aliphatic carbocycles. The lowest BCUT2D eigenvalue weighted by Crippen LogP contribution is -2.45. The van der Waals surface area contributed by atoms with Crippen molar-refractivity contribution in [2.24, 2.45) is 0 Å². The molecule has 214 valence electrons. The fourth-order valence-corrected chi connectivity index (χ4v) is 5.77. The molecule has 0 saturated heterocycles. The lowest BCUT2D eigenvalue weighted by Gasteiger charge is -2.37. The number of rotatable bonds is 4. The number of phenols is 1. The number of hydrogen-bond acceptors (Lipinski definition) is 6. The fourth-order valence-electron chi connectivity index (χ4n) is 5.77. The molecule has 41 heavy (non-hydrogen) atoms. The molecular weight excluding hydrogens is 546 g/mol. The van der Waals surface area contributed by atoms with Crippen molar-refractivity contribution in [3.05, 3.63) is 76.6 Å². The highest BCUT2D eigenvalue weighted by atomic mass is 19.4. The predicted molar refractivity (Wildman–Crippen MR) is 136 cm³/mol. The average Bonchev–Trinajstić information content (AvgIpc) is 3.74. The number of halogens is 4. The third-order valence-corrected chi connectivity index (χ3v) is 7.91. The van der Waals surface area contributed by atoms with Gasteiger partial charge in [-0.3, -0.25) is 9.59 Å². The summed E-state index contributed by atoms with van der Waals surface area (Å²) in [6.45, 7) is 3.90. The van der Waals surface area contributed by atoms with E-state index < -0.39 is 41.1 Å². The summed E-state index contributed by atoms with van der Waals surface area (Å²) >= 11 is 0. The monoisotopic (exact) mass is 571 g/mol.